The van der Waals surface area contributed by atoms with Crippen LogP contribution >= 0.6 is 34.4 Å². The Labute approximate surface area is 159 Å². The summed E-state index contributed by atoms with van der Waals surface area (Å²) in [6.45, 7) is 8.01. The molecule has 0 saturated carbocycles. The van der Waals surface area contributed by atoms with Crippen LogP contribution in [0.4, 0.5) is 14.9 Å². The van der Waals surface area contributed by atoms with Crippen molar-refractivity contribution in [3.05, 3.63) is 17.5 Å². The monoisotopic (exact) mass is 399 g/mol. The molecular weight excluding hydrogens is 378 g/mol. The number of hydrogen-bond donors (Lipinski definition) is 2. The molecule has 0 spiro atoms. The van der Waals surface area contributed by atoms with Crippen molar-refractivity contribution >= 4 is 56.5 Å². The Morgan fingerprint density at radius 1 is 1.20 bits per heavy atom. The number of carbonyl (C=O) groups is 2. The molecule has 10 heteroatoms. The maximum absolute atomic E-state index is 12.3. The van der Waals surface area contributed by atoms with E-state index in [0.29, 0.717) is 15.2 Å². The van der Waals surface area contributed by atoms with Crippen molar-refractivity contribution in [3.63, 3.8) is 0 Å². The van der Waals surface area contributed by atoms with Gasteiger partial charge in [-0.1, -0.05) is 23.1 Å². The number of nitrogens with one attached hydrogen (secondary N) is 2. The molecule has 25 heavy (non-hydrogen) atoms. The first-order valence-corrected chi connectivity index (χ1v) is 10.4. The summed E-state index contributed by atoms with van der Waals surface area (Å²) in [6.07, 6.45) is 0. The molecule has 136 valence electrons. The molecule has 2 rings (SSSR count). The van der Waals surface area contributed by atoms with Crippen LogP contribution in [0.2, 0.25) is 0 Å². The smallest absolute Gasteiger partial charge is 0.326 e. The van der Waals surface area contributed by atoms with E-state index in [2.05, 4.69) is 20.8 Å². The Balaban J connectivity index is 1.84. The Hall–Kier alpha value is -1.65. The van der Waals surface area contributed by atoms with E-state index in [-0.39, 0.29) is 24.0 Å². The zero-order valence-electron chi connectivity index (χ0n) is 14.5. The minimum absolute atomic E-state index is 0.0650. The van der Waals surface area contributed by atoms with E-state index in [0.717, 1.165) is 5.00 Å². The number of amides is 3. The quantitative estimate of drug-likeness (QED) is 0.543. The normalized spacial score (nSPS) is 11.0. The lowest BCUT2D eigenvalue weighted by Crippen LogP contribution is -2.43. The summed E-state index contributed by atoms with van der Waals surface area (Å²) >= 11 is 4.01. The van der Waals surface area contributed by atoms with Gasteiger partial charge in [0.05, 0.1) is 10.8 Å². The number of rotatable bonds is 7. The Morgan fingerprint density at radius 2 is 1.92 bits per heavy atom. The van der Waals surface area contributed by atoms with Crippen molar-refractivity contribution < 1.29 is 9.59 Å². The molecular formula is C15H21N5O2S3. The first-order valence-electron chi connectivity index (χ1n) is 7.75. The van der Waals surface area contributed by atoms with Gasteiger partial charge in [-0.15, -0.1) is 21.5 Å². The van der Waals surface area contributed by atoms with E-state index in [9.17, 15) is 9.59 Å². The van der Waals surface area contributed by atoms with E-state index >= 15 is 0 Å². The lowest BCUT2D eigenvalue weighted by atomic mass is 10.2. The van der Waals surface area contributed by atoms with E-state index in [1.165, 1.54) is 34.4 Å². The number of hydrogen-bond acceptors (Lipinski definition) is 7. The van der Waals surface area contributed by atoms with Gasteiger partial charge in [0, 0.05) is 12.1 Å². The molecule has 3 amide bonds. The fraction of sp³-hybridized carbons (Fsp3) is 0.467. The second-order valence-corrected chi connectivity index (χ2v) is 8.85. The summed E-state index contributed by atoms with van der Waals surface area (Å²) in [5, 5.41) is 16.3. The predicted octanol–water partition coefficient (Wildman–Crippen LogP) is 3.98. The van der Waals surface area contributed by atoms with Crippen LogP contribution in [0, 0.1) is 0 Å². The molecule has 2 heterocycles. The number of nitrogens with zero attached hydrogens (tertiary/aromatic N) is 3. The molecule has 0 aromatic carbocycles. The molecule has 0 unspecified atom stereocenters. The SMILES string of the molecule is CC(C)N(C(=O)CSc1nnc(NC(=O)Nc2cccs2)s1)C(C)C. The van der Waals surface area contributed by atoms with Gasteiger partial charge in [-0.2, -0.15) is 0 Å². The van der Waals surface area contributed by atoms with Crippen LogP contribution in [-0.4, -0.2) is 44.9 Å². The highest BCUT2D eigenvalue weighted by molar-refractivity contribution is 8.01. The molecule has 2 aromatic rings. The summed E-state index contributed by atoms with van der Waals surface area (Å²) in [5.74, 6) is 0.363. The minimum Gasteiger partial charge on any atom is -0.337 e. The van der Waals surface area contributed by atoms with E-state index in [1.807, 2.05) is 50.1 Å². The number of urea groups is 1. The molecule has 0 saturated heterocycles. The highest BCUT2D eigenvalue weighted by Gasteiger charge is 2.20. The van der Waals surface area contributed by atoms with Crippen LogP contribution in [0.15, 0.2) is 21.9 Å². The molecule has 0 aliphatic rings. The fourth-order valence-electron chi connectivity index (χ4n) is 2.28. The van der Waals surface area contributed by atoms with Crippen molar-refractivity contribution in [1.82, 2.24) is 15.1 Å². The third-order valence-corrected chi connectivity index (χ3v) is 5.85. The van der Waals surface area contributed by atoms with Gasteiger partial charge in [0.15, 0.2) is 4.34 Å². The van der Waals surface area contributed by atoms with Gasteiger partial charge in [-0.25, -0.2) is 4.79 Å². The van der Waals surface area contributed by atoms with Crippen LogP contribution in [0.25, 0.3) is 0 Å². The van der Waals surface area contributed by atoms with Crippen LogP contribution < -0.4 is 10.6 Å². The third-order valence-electron chi connectivity index (χ3n) is 3.10. The largest absolute Gasteiger partial charge is 0.337 e. The van der Waals surface area contributed by atoms with Gasteiger partial charge in [-0.05, 0) is 45.2 Å². The summed E-state index contributed by atoms with van der Waals surface area (Å²) in [6, 6.07) is 3.61. The van der Waals surface area contributed by atoms with E-state index in [4.69, 9.17) is 0 Å². The van der Waals surface area contributed by atoms with Crippen LogP contribution in [-0.2, 0) is 4.79 Å². The standard InChI is InChI=1S/C15H21N5O2S3/c1-9(2)20(10(3)4)12(21)8-24-15-19-18-14(25-15)17-13(22)16-11-6-5-7-23-11/h5-7,9-10H,8H2,1-4H3,(H2,16,17,18,22). The lowest BCUT2D eigenvalue weighted by Gasteiger charge is -2.30. The third kappa shape index (κ3) is 5.98. The summed E-state index contributed by atoms with van der Waals surface area (Å²) in [7, 11) is 0. The Bertz CT molecular complexity index is 692. The summed E-state index contributed by atoms with van der Waals surface area (Å²) < 4.78 is 0.646. The zero-order chi connectivity index (χ0) is 18.4. The number of anilines is 2. The molecule has 0 aliphatic carbocycles. The number of carbonyl (C=O) groups excluding carboxylic acids is 2. The molecule has 7 nitrogen and oxygen atoms in total. The Kier molecular flexibility index (Phi) is 7.21. The van der Waals surface area contributed by atoms with Crippen molar-refractivity contribution in [2.45, 2.75) is 44.1 Å². The predicted molar refractivity (Wildman–Crippen MR) is 105 cm³/mol. The van der Waals surface area contributed by atoms with Crippen LogP contribution in [0.5, 0.6) is 0 Å². The number of thiophene rings is 1. The van der Waals surface area contributed by atoms with Gasteiger partial charge >= 0.3 is 6.03 Å². The van der Waals surface area contributed by atoms with Gasteiger partial charge in [-0.3, -0.25) is 15.4 Å². The van der Waals surface area contributed by atoms with Crippen LogP contribution in [0.3, 0.4) is 0 Å². The molecule has 2 aromatic heterocycles. The van der Waals surface area contributed by atoms with Crippen LogP contribution in [0.1, 0.15) is 27.7 Å². The highest BCUT2D eigenvalue weighted by atomic mass is 32.2. The second-order valence-electron chi connectivity index (χ2n) is 5.71. The summed E-state index contributed by atoms with van der Waals surface area (Å²) in [5.41, 5.74) is 0. The number of thioether (sulfide) groups is 1. The summed E-state index contributed by atoms with van der Waals surface area (Å²) in [4.78, 5) is 26.0. The van der Waals surface area contributed by atoms with Gasteiger partial charge in [0.25, 0.3) is 0 Å². The molecule has 0 bridgehead atoms. The van der Waals surface area contributed by atoms with E-state index < -0.39 is 0 Å². The van der Waals surface area contributed by atoms with Crippen molar-refractivity contribution in [2.75, 3.05) is 16.4 Å². The maximum atomic E-state index is 12.3. The van der Waals surface area contributed by atoms with Gasteiger partial charge in [0.2, 0.25) is 11.0 Å². The zero-order valence-corrected chi connectivity index (χ0v) is 16.9. The topological polar surface area (TPSA) is 87.2 Å². The second kappa shape index (κ2) is 9.16. The Morgan fingerprint density at radius 3 is 2.52 bits per heavy atom. The first-order chi connectivity index (χ1) is 11.9. The van der Waals surface area contributed by atoms with Gasteiger partial charge in [0.1, 0.15) is 0 Å². The number of aromatic nitrogens is 2. The lowest BCUT2D eigenvalue weighted by molar-refractivity contribution is -0.131. The van der Waals surface area contributed by atoms with Gasteiger partial charge < -0.3 is 4.90 Å². The van der Waals surface area contributed by atoms with Crippen molar-refractivity contribution in [1.29, 1.82) is 0 Å². The first kappa shape index (κ1) is 19.7. The highest BCUT2D eigenvalue weighted by Crippen LogP contribution is 2.26. The average Bonchev–Trinajstić information content (AvgIpc) is 3.16. The molecule has 0 radical (unpaired) electrons. The molecule has 0 aliphatic heterocycles. The van der Waals surface area contributed by atoms with Crippen molar-refractivity contribution in [2.24, 2.45) is 0 Å². The maximum Gasteiger partial charge on any atom is 0.326 e. The average molecular weight is 400 g/mol. The molecule has 0 fully saturated rings. The van der Waals surface area contributed by atoms with Crippen molar-refractivity contribution in [3.8, 4) is 0 Å². The minimum atomic E-state index is -0.364. The molecule has 0 atom stereocenters. The molecule has 2 N–H and O–H groups in total. The fourth-order valence-corrected chi connectivity index (χ4v) is 4.51. The van der Waals surface area contributed by atoms with E-state index in [1.54, 1.807) is 0 Å².